The Kier molecular flexibility index (Phi) is 12.0. The van der Waals surface area contributed by atoms with Crippen molar-refractivity contribution in [3.8, 4) is 0 Å². The summed E-state index contributed by atoms with van der Waals surface area (Å²) in [5.41, 5.74) is 3.80. The highest BCUT2D eigenvalue weighted by Crippen LogP contribution is 2.49. The molecule has 41 heavy (non-hydrogen) atoms. The lowest BCUT2D eigenvalue weighted by molar-refractivity contribution is 0.123. The van der Waals surface area contributed by atoms with E-state index in [1.54, 1.807) is 0 Å². The maximum Gasteiger partial charge on any atom is -0.00782 e. The van der Waals surface area contributed by atoms with Crippen molar-refractivity contribution in [1.29, 1.82) is 0 Å². The van der Waals surface area contributed by atoms with Gasteiger partial charge in [-0.1, -0.05) is 155 Å². The van der Waals surface area contributed by atoms with Gasteiger partial charge in [-0.2, -0.15) is 0 Å². The molecule has 3 rings (SSSR count). The van der Waals surface area contributed by atoms with Crippen LogP contribution in [0.4, 0.5) is 0 Å². The minimum absolute atomic E-state index is 0.148. The molecule has 0 heterocycles. The van der Waals surface area contributed by atoms with E-state index in [0.29, 0.717) is 46.3 Å². The molecular weight excluding hydrogens is 492 g/mol. The van der Waals surface area contributed by atoms with E-state index < -0.39 is 0 Å². The number of allylic oxidation sites excluding steroid dienone is 9. The molecule has 7 unspecified atom stereocenters. The molecule has 0 aliphatic heterocycles. The number of hydrogen-bond acceptors (Lipinski definition) is 0. The van der Waals surface area contributed by atoms with Gasteiger partial charge in [-0.3, -0.25) is 0 Å². The van der Waals surface area contributed by atoms with Gasteiger partial charge in [0.25, 0.3) is 0 Å². The lowest BCUT2D eigenvalue weighted by atomic mass is 9.61. The third-order valence-corrected chi connectivity index (χ3v) is 12.2. The minimum Gasteiger partial charge on any atom is -0.0996 e. The highest BCUT2D eigenvalue weighted by molar-refractivity contribution is 5.20. The molecule has 0 bridgehead atoms. The average molecular weight is 561 g/mol. The molecule has 0 saturated heterocycles. The summed E-state index contributed by atoms with van der Waals surface area (Å²) in [6, 6.07) is 0. The van der Waals surface area contributed by atoms with Crippen LogP contribution in [0.2, 0.25) is 0 Å². The first-order valence-corrected chi connectivity index (χ1v) is 17.5. The van der Waals surface area contributed by atoms with Crippen LogP contribution in [0.1, 0.15) is 140 Å². The van der Waals surface area contributed by atoms with Crippen LogP contribution >= 0.6 is 0 Å². The van der Waals surface area contributed by atoms with E-state index in [9.17, 15) is 0 Å². The fourth-order valence-electron chi connectivity index (χ4n) is 8.92. The molecule has 0 aromatic carbocycles. The van der Waals surface area contributed by atoms with Crippen LogP contribution in [-0.4, -0.2) is 0 Å². The van der Waals surface area contributed by atoms with Crippen LogP contribution in [0, 0.1) is 57.7 Å². The predicted molar refractivity (Wildman–Crippen MR) is 184 cm³/mol. The van der Waals surface area contributed by atoms with Crippen molar-refractivity contribution < 1.29 is 0 Å². The summed E-state index contributed by atoms with van der Waals surface area (Å²) in [4.78, 5) is 0. The van der Waals surface area contributed by atoms with Crippen LogP contribution < -0.4 is 0 Å². The SMILES string of the molecule is C=C1CCC(C)(C)C(/C=C/[C@@]2(C)C/C=C/C(C)CCCCC(C)C2C/C=C(C)/C=C/C2C(C)CCCC2(C)C)C1C. The second kappa shape index (κ2) is 14.4. The van der Waals surface area contributed by atoms with E-state index in [1.165, 1.54) is 75.4 Å². The second-order valence-corrected chi connectivity index (χ2v) is 16.7. The third kappa shape index (κ3) is 9.10. The van der Waals surface area contributed by atoms with E-state index in [2.05, 4.69) is 118 Å². The molecular formula is C41H68. The van der Waals surface area contributed by atoms with Gasteiger partial charge >= 0.3 is 0 Å². The molecule has 0 aromatic heterocycles. The second-order valence-electron chi connectivity index (χ2n) is 16.7. The summed E-state index contributed by atoms with van der Waals surface area (Å²) in [6.07, 6.45) is 32.3. The lowest BCUT2D eigenvalue weighted by Gasteiger charge is -2.44. The fourth-order valence-corrected chi connectivity index (χ4v) is 8.92. The summed E-state index contributed by atoms with van der Waals surface area (Å²) >= 11 is 0. The molecule has 0 amide bonds. The monoisotopic (exact) mass is 561 g/mol. The Labute approximate surface area is 257 Å². The van der Waals surface area contributed by atoms with Crippen molar-refractivity contribution in [2.75, 3.05) is 0 Å². The van der Waals surface area contributed by atoms with Gasteiger partial charge in [-0.25, -0.2) is 0 Å². The van der Waals surface area contributed by atoms with Gasteiger partial charge in [0.05, 0.1) is 0 Å². The van der Waals surface area contributed by atoms with Crippen molar-refractivity contribution in [3.63, 3.8) is 0 Å². The van der Waals surface area contributed by atoms with E-state index in [0.717, 1.165) is 12.3 Å². The standard InChI is InChI=1S/C41H68/c1-30-16-12-13-18-34(5)37(23-21-31(2)20-22-36-33(4)19-15-26-39(36,7)8)41(11,27-14-17-30)29-25-38-35(6)32(3)24-28-40(38,9)10/h14,17,20-22,25,29-30,33-38H,3,12-13,15-16,18-19,23-24,26-28H2,1-2,4-11H3/b17-14+,22-20+,29-25+,31-21+/t30?,33?,34?,35?,36?,37?,38?,41-/m1/s1. The maximum absolute atomic E-state index is 4.47. The third-order valence-electron chi connectivity index (χ3n) is 12.2. The van der Waals surface area contributed by atoms with E-state index >= 15 is 0 Å². The van der Waals surface area contributed by atoms with Crippen molar-refractivity contribution in [2.24, 2.45) is 57.7 Å². The zero-order valence-corrected chi connectivity index (χ0v) is 29.1. The highest BCUT2D eigenvalue weighted by Gasteiger charge is 2.39. The summed E-state index contributed by atoms with van der Waals surface area (Å²) in [6.45, 7) is 29.2. The first kappa shape index (κ1) is 34.2. The van der Waals surface area contributed by atoms with Crippen molar-refractivity contribution in [2.45, 2.75) is 140 Å². The maximum atomic E-state index is 4.47. The Morgan fingerprint density at radius 1 is 0.854 bits per heavy atom. The minimum atomic E-state index is 0.148. The number of rotatable bonds is 6. The van der Waals surface area contributed by atoms with Crippen molar-refractivity contribution in [3.05, 3.63) is 60.3 Å². The molecule has 3 aliphatic carbocycles. The van der Waals surface area contributed by atoms with E-state index in [1.807, 2.05) is 0 Å². The Morgan fingerprint density at radius 2 is 1.51 bits per heavy atom. The summed E-state index contributed by atoms with van der Waals surface area (Å²) in [7, 11) is 0. The zero-order chi connectivity index (χ0) is 30.4. The molecule has 0 aromatic rings. The zero-order valence-electron chi connectivity index (χ0n) is 29.1. The van der Waals surface area contributed by atoms with Crippen LogP contribution in [0.3, 0.4) is 0 Å². The Hall–Kier alpha value is -1.30. The molecule has 2 saturated carbocycles. The van der Waals surface area contributed by atoms with Gasteiger partial charge in [0.15, 0.2) is 0 Å². The van der Waals surface area contributed by atoms with Gasteiger partial charge in [-0.05, 0) is 103 Å². The molecule has 0 N–H and O–H groups in total. The topological polar surface area (TPSA) is 0 Å². The molecule has 232 valence electrons. The van der Waals surface area contributed by atoms with Crippen molar-refractivity contribution in [1.82, 2.24) is 0 Å². The largest absolute Gasteiger partial charge is 0.0996 e. The molecule has 2 fully saturated rings. The summed E-state index contributed by atoms with van der Waals surface area (Å²) in [5.74, 6) is 4.64. The van der Waals surface area contributed by atoms with Crippen molar-refractivity contribution >= 4 is 0 Å². The van der Waals surface area contributed by atoms with Gasteiger partial charge in [-0.15, -0.1) is 0 Å². The van der Waals surface area contributed by atoms with Gasteiger partial charge in [0.2, 0.25) is 0 Å². The highest BCUT2D eigenvalue weighted by atomic mass is 14.4. The Morgan fingerprint density at radius 3 is 2.22 bits per heavy atom. The van der Waals surface area contributed by atoms with E-state index in [4.69, 9.17) is 0 Å². The van der Waals surface area contributed by atoms with Gasteiger partial charge in [0, 0.05) is 0 Å². The molecule has 0 spiro atoms. The van der Waals surface area contributed by atoms with Crippen LogP contribution in [0.5, 0.6) is 0 Å². The van der Waals surface area contributed by atoms with Crippen LogP contribution in [0.15, 0.2) is 60.3 Å². The normalized spacial score (nSPS) is 40.0. The molecule has 8 atom stereocenters. The fraction of sp³-hybridized carbons (Fsp3) is 0.756. The van der Waals surface area contributed by atoms with E-state index in [-0.39, 0.29) is 5.41 Å². The summed E-state index contributed by atoms with van der Waals surface area (Å²) in [5, 5.41) is 0. The molecule has 3 aliphatic rings. The predicted octanol–water partition coefficient (Wildman–Crippen LogP) is 12.9. The Balaban J connectivity index is 1.91. The van der Waals surface area contributed by atoms with Gasteiger partial charge in [0.1, 0.15) is 0 Å². The van der Waals surface area contributed by atoms with Crippen LogP contribution in [0.25, 0.3) is 0 Å². The molecule has 0 nitrogen and oxygen atoms in total. The van der Waals surface area contributed by atoms with Gasteiger partial charge < -0.3 is 0 Å². The first-order valence-electron chi connectivity index (χ1n) is 17.5. The Bertz CT molecular complexity index is 966. The average Bonchev–Trinajstić information content (AvgIpc) is 2.90. The number of hydrogen-bond donors (Lipinski definition) is 0. The molecule has 0 heteroatoms. The molecule has 0 radical (unpaired) electrons. The van der Waals surface area contributed by atoms with Crippen LogP contribution in [-0.2, 0) is 0 Å². The quantitative estimate of drug-likeness (QED) is 0.224. The lowest BCUT2D eigenvalue weighted by Crippen LogP contribution is -2.35. The summed E-state index contributed by atoms with van der Waals surface area (Å²) < 4.78 is 0. The smallest absolute Gasteiger partial charge is 0.00782 e. The first-order chi connectivity index (χ1) is 19.2.